The van der Waals surface area contributed by atoms with Crippen LogP contribution in [0.5, 0.6) is 0 Å². The second-order valence-electron chi connectivity index (χ2n) is 3.64. The zero-order valence-electron chi connectivity index (χ0n) is 8.54. The van der Waals surface area contributed by atoms with Gasteiger partial charge in [-0.05, 0) is 34.9 Å². The topological polar surface area (TPSA) is 0 Å². The van der Waals surface area contributed by atoms with E-state index in [0.29, 0.717) is 11.3 Å². The first-order chi connectivity index (χ1) is 6.04. The lowest BCUT2D eigenvalue weighted by molar-refractivity contribution is 1.02. The summed E-state index contributed by atoms with van der Waals surface area (Å²) in [6.45, 7) is 6.64. The lowest BCUT2D eigenvalue weighted by Crippen LogP contribution is -1.95. The van der Waals surface area contributed by atoms with E-state index in [1.165, 1.54) is 16.7 Å². The van der Waals surface area contributed by atoms with Gasteiger partial charge in [0.2, 0.25) is 0 Å². The summed E-state index contributed by atoms with van der Waals surface area (Å²) in [5, 5.41) is 0. The normalized spacial score (nSPS) is 15.5. The van der Waals surface area contributed by atoms with Crippen LogP contribution in [0, 0.1) is 6.92 Å². The molecule has 0 aliphatic rings. The fourth-order valence-electron chi connectivity index (χ4n) is 1.66. The van der Waals surface area contributed by atoms with E-state index in [4.69, 9.17) is 0 Å². The van der Waals surface area contributed by atoms with Crippen molar-refractivity contribution in [3.63, 3.8) is 0 Å². The maximum Gasteiger partial charge on any atom is -0.00401 e. The maximum absolute atomic E-state index is 2.85. The predicted octanol–water partition coefficient (Wildman–Crippen LogP) is 3.87. The van der Waals surface area contributed by atoms with E-state index in [1.54, 1.807) is 0 Å². The third kappa shape index (κ3) is 2.52. The summed E-state index contributed by atoms with van der Waals surface area (Å²) in [4.78, 5) is 0. The van der Waals surface area contributed by atoms with E-state index >= 15 is 0 Å². The smallest absolute Gasteiger partial charge is 0.00401 e. The standard InChI is InChI=1S/C11H18P2/c1-7-10(8(2)12)5-4-6-11(7)9(3)13/h4-6,8-9H,12-13H2,1-3H3/t8-,9-/m0/s1. The van der Waals surface area contributed by atoms with E-state index in [-0.39, 0.29) is 0 Å². The second kappa shape index (κ2) is 4.54. The molecule has 13 heavy (non-hydrogen) atoms. The van der Waals surface area contributed by atoms with Crippen LogP contribution in [-0.4, -0.2) is 0 Å². The summed E-state index contributed by atoms with van der Waals surface area (Å²) in [5.74, 6) is 0. The maximum atomic E-state index is 2.85. The minimum Gasteiger partial charge on any atom is -0.130 e. The van der Waals surface area contributed by atoms with Gasteiger partial charge in [0.15, 0.2) is 0 Å². The van der Waals surface area contributed by atoms with Gasteiger partial charge in [0.25, 0.3) is 0 Å². The van der Waals surface area contributed by atoms with Crippen molar-refractivity contribution in [3.8, 4) is 0 Å². The Bertz CT molecular complexity index is 264. The van der Waals surface area contributed by atoms with Crippen molar-refractivity contribution in [3.05, 3.63) is 34.9 Å². The largest absolute Gasteiger partial charge is 0.130 e. The minimum atomic E-state index is 0.545. The van der Waals surface area contributed by atoms with Crippen molar-refractivity contribution in [1.82, 2.24) is 0 Å². The summed E-state index contributed by atoms with van der Waals surface area (Å²) in [6.07, 6.45) is 0. The molecule has 72 valence electrons. The number of hydrogen-bond donors (Lipinski definition) is 0. The molecule has 0 aromatic heterocycles. The molecular formula is C11H18P2. The molecule has 0 saturated heterocycles. The summed E-state index contributed by atoms with van der Waals surface area (Å²) < 4.78 is 0. The zero-order chi connectivity index (χ0) is 10.0. The molecule has 1 rings (SSSR count). The van der Waals surface area contributed by atoms with Crippen molar-refractivity contribution in [2.24, 2.45) is 0 Å². The monoisotopic (exact) mass is 212 g/mol. The van der Waals surface area contributed by atoms with E-state index in [2.05, 4.69) is 57.4 Å². The molecule has 0 aliphatic carbocycles. The second-order valence-corrected chi connectivity index (χ2v) is 5.64. The molecule has 0 aliphatic heterocycles. The molecular weight excluding hydrogens is 194 g/mol. The van der Waals surface area contributed by atoms with Crippen LogP contribution in [-0.2, 0) is 0 Å². The molecule has 0 heterocycles. The third-order valence-electron chi connectivity index (χ3n) is 2.40. The van der Waals surface area contributed by atoms with Crippen molar-refractivity contribution < 1.29 is 0 Å². The van der Waals surface area contributed by atoms with Crippen molar-refractivity contribution >= 4 is 18.5 Å². The molecule has 1 aromatic carbocycles. The molecule has 2 heteroatoms. The predicted molar refractivity (Wildman–Crippen MR) is 67.4 cm³/mol. The third-order valence-corrected chi connectivity index (χ3v) is 3.12. The molecule has 0 amide bonds. The molecule has 0 nitrogen and oxygen atoms in total. The number of benzene rings is 1. The Hall–Kier alpha value is 0.0800. The number of hydrogen-bond acceptors (Lipinski definition) is 0. The molecule has 0 spiro atoms. The number of rotatable bonds is 2. The molecule has 4 atom stereocenters. The molecule has 1 aromatic rings. The van der Waals surface area contributed by atoms with Gasteiger partial charge in [-0.1, -0.05) is 32.0 Å². The van der Waals surface area contributed by atoms with Crippen LogP contribution in [0.15, 0.2) is 18.2 Å². The average Bonchev–Trinajstić information content (AvgIpc) is 2.03. The Morgan fingerprint density at radius 1 is 1.00 bits per heavy atom. The summed E-state index contributed by atoms with van der Waals surface area (Å²) in [5.41, 5.74) is 5.41. The molecule has 2 unspecified atom stereocenters. The first kappa shape index (κ1) is 11.2. The summed E-state index contributed by atoms with van der Waals surface area (Å²) in [6, 6.07) is 6.58. The highest BCUT2D eigenvalue weighted by Gasteiger charge is 2.08. The van der Waals surface area contributed by atoms with Crippen molar-refractivity contribution in [2.75, 3.05) is 0 Å². The van der Waals surface area contributed by atoms with E-state index in [1.807, 2.05) is 0 Å². The lowest BCUT2D eigenvalue weighted by atomic mass is 9.98. The minimum absolute atomic E-state index is 0.545. The highest BCUT2D eigenvalue weighted by atomic mass is 31.0. The Morgan fingerprint density at radius 2 is 1.38 bits per heavy atom. The Balaban J connectivity index is 3.18. The Kier molecular flexibility index (Phi) is 3.89. The van der Waals surface area contributed by atoms with Crippen LogP contribution in [0.4, 0.5) is 0 Å². The van der Waals surface area contributed by atoms with E-state index in [9.17, 15) is 0 Å². The quantitative estimate of drug-likeness (QED) is 0.653. The molecule has 0 N–H and O–H groups in total. The van der Waals surface area contributed by atoms with Crippen LogP contribution in [0.25, 0.3) is 0 Å². The lowest BCUT2D eigenvalue weighted by Gasteiger charge is -2.15. The van der Waals surface area contributed by atoms with Crippen LogP contribution in [0.1, 0.15) is 41.9 Å². The first-order valence-electron chi connectivity index (χ1n) is 4.64. The summed E-state index contributed by atoms with van der Waals surface area (Å²) >= 11 is 0. The molecule has 0 radical (unpaired) electrons. The van der Waals surface area contributed by atoms with Gasteiger partial charge in [0, 0.05) is 0 Å². The fourth-order valence-corrected chi connectivity index (χ4v) is 2.38. The SMILES string of the molecule is Cc1c([C@H](C)P)cccc1[C@H](C)P. The van der Waals surface area contributed by atoms with Crippen LogP contribution < -0.4 is 0 Å². The summed E-state index contributed by atoms with van der Waals surface area (Å²) in [7, 11) is 5.71. The Labute approximate surface area is 85.9 Å². The van der Waals surface area contributed by atoms with Gasteiger partial charge in [0.05, 0.1) is 0 Å². The highest BCUT2D eigenvalue weighted by Crippen LogP contribution is 2.32. The van der Waals surface area contributed by atoms with Crippen molar-refractivity contribution in [2.45, 2.75) is 32.1 Å². The van der Waals surface area contributed by atoms with Gasteiger partial charge < -0.3 is 0 Å². The molecule has 0 fully saturated rings. The van der Waals surface area contributed by atoms with Crippen LogP contribution in [0.3, 0.4) is 0 Å². The van der Waals surface area contributed by atoms with Gasteiger partial charge in [-0.25, -0.2) is 0 Å². The van der Waals surface area contributed by atoms with Crippen LogP contribution >= 0.6 is 18.5 Å². The van der Waals surface area contributed by atoms with Gasteiger partial charge in [-0.2, -0.15) is 0 Å². The van der Waals surface area contributed by atoms with Gasteiger partial charge in [0.1, 0.15) is 0 Å². The highest BCUT2D eigenvalue weighted by molar-refractivity contribution is 7.17. The van der Waals surface area contributed by atoms with Crippen molar-refractivity contribution in [1.29, 1.82) is 0 Å². The van der Waals surface area contributed by atoms with E-state index < -0.39 is 0 Å². The zero-order valence-corrected chi connectivity index (χ0v) is 10.9. The fraction of sp³-hybridized carbons (Fsp3) is 0.455. The Morgan fingerprint density at radius 3 is 1.69 bits per heavy atom. The van der Waals surface area contributed by atoms with Gasteiger partial charge >= 0.3 is 0 Å². The average molecular weight is 212 g/mol. The first-order valence-corrected chi connectivity index (χ1v) is 5.98. The molecule has 0 bridgehead atoms. The van der Waals surface area contributed by atoms with E-state index in [0.717, 1.165) is 0 Å². The van der Waals surface area contributed by atoms with Gasteiger partial charge in [-0.3, -0.25) is 0 Å². The molecule has 0 saturated carbocycles. The van der Waals surface area contributed by atoms with Crippen LogP contribution in [0.2, 0.25) is 0 Å². The van der Waals surface area contributed by atoms with Gasteiger partial charge in [-0.15, -0.1) is 18.5 Å².